The van der Waals surface area contributed by atoms with Gasteiger partial charge in [-0.1, -0.05) is 31.2 Å². The van der Waals surface area contributed by atoms with Crippen LogP contribution in [0, 0.1) is 0 Å². The first-order valence-corrected chi connectivity index (χ1v) is 5.59. The van der Waals surface area contributed by atoms with Crippen molar-refractivity contribution in [3.05, 3.63) is 35.4 Å². The topological polar surface area (TPSA) is 29.5 Å². The summed E-state index contributed by atoms with van der Waals surface area (Å²) in [6, 6.07) is 8.53. The summed E-state index contributed by atoms with van der Waals surface area (Å²) in [5.41, 5.74) is 2.58. The van der Waals surface area contributed by atoms with E-state index in [-0.39, 0.29) is 12.5 Å². The molecule has 82 valence electrons. The highest BCUT2D eigenvalue weighted by Crippen LogP contribution is 2.27. The van der Waals surface area contributed by atoms with Gasteiger partial charge in [-0.2, -0.15) is 0 Å². The summed E-state index contributed by atoms with van der Waals surface area (Å²) in [4.78, 5) is 0. The van der Waals surface area contributed by atoms with Gasteiger partial charge in [-0.15, -0.1) is 0 Å². The predicted molar refractivity (Wildman–Crippen MR) is 60.1 cm³/mol. The van der Waals surface area contributed by atoms with Crippen LogP contribution in [-0.4, -0.2) is 24.9 Å². The van der Waals surface area contributed by atoms with Gasteiger partial charge >= 0.3 is 0 Å². The van der Waals surface area contributed by atoms with Crippen molar-refractivity contribution < 1.29 is 9.84 Å². The summed E-state index contributed by atoms with van der Waals surface area (Å²) < 4.78 is 5.39. The zero-order chi connectivity index (χ0) is 10.7. The zero-order valence-corrected chi connectivity index (χ0v) is 9.15. The monoisotopic (exact) mass is 206 g/mol. The molecule has 2 rings (SSSR count). The first-order valence-electron chi connectivity index (χ1n) is 5.59. The Bertz CT molecular complexity index is 316. The molecule has 1 aromatic rings. The van der Waals surface area contributed by atoms with Crippen molar-refractivity contribution in [2.45, 2.75) is 25.2 Å². The van der Waals surface area contributed by atoms with Crippen LogP contribution in [0.15, 0.2) is 24.3 Å². The Morgan fingerprint density at radius 3 is 3.07 bits per heavy atom. The molecule has 15 heavy (non-hydrogen) atoms. The van der Waals surface area contributed by atoms with Gasteiger partial charge in [-0.05, 0) is 17.5 Å². The molecule has 0 radical (unpaired) electrons. The summed E-state index contributed by atoms with van der Waals surface area (Å²) in [5, 5.41) is 9.12. The highest BCUT2D eigenvalue weighted by Gasteiger charge is 2.18. The molecule has 0 bridgehead atoms. The lowest BCUT2D eigenvalue weighted by molar-refractivity contribution is 0.194. The van der Waals surface area contributed by atoms with Crippen LogP contribution in [0.25, 0.3) is 0 Å². The Balaban J connectivity index is 2.18. The second-order valence-electron chi connectivity index (χ2n) is 4.31. The number of ether oxygens (including phenoxy) is 1. The van der Waals surface area contributed by atoms with Gasteiger partial charge in [-0.3, -0.25) is 0 Å². The Kier molecular flexibility index (Phi) is 3.39. The van der Waals surface area contributed by atoms with E-state index in [1.54, 1.807) is 0 Å². The zero-order valence-electron chi connectivity index (χ0n) is 9.15. The average molecular weight is 206 g/mol. The minimum Gasteiger partial charge on any atom is -0.396 e. The van der Waals surface area contributed by atoms with Crippen molar-refractivity contribution in [3.8, 4) is 0 Å². The van der Waals surface area contributed by atoms with Gasteiger partial charge in [0.05, 0.1) is 6.61 Å². The van der Waals surface area contributed by atoms with Crippen LogP contribution in [-0.2, 0) is 4.74 Å². The summed E-state index contributed by atoms with van der Waals surface area (Å²) in [6.07, 6.45) is 1.12. The molecule has 0 saturated carbocycles. The lowest BCUT2D eigenvalue weighted by Gasteiger charge is -2.13. The van der Waals surface area contributed by atoms with Crippen LogP contribution in [0.5, 0.6) is 0 Å². The van der Waals surface area contributed by atoms with Gasteiger partial charge in [0.25, 0.3) is 0 Å². The molecule has 1 saturated heterocycles. The predicted octanol–water partition coefficient (Wildman–Crippen LogP) is 2.29. The highest BCUT2D eigenvalue weighted by molar-refractivity contribution is 5.29. The van der Waals surface area contributed by atoms with Crippen molar-refractivity contribution in [2.24, 2.45) is 0 Å². The van der Waals surface area contributed by atoms with Crippen LogP contribution >= 0.6 is 0 Å². The van der Waals surface area contributed by atoms with Gasteiger partial charge in [0.2, 0.25) is 0 Å². The van der Waals surface area contributed by atoms with Crippen LogP contribution < -0.4 is 0 Å². The second-order valence-corrected chi connectivity index (χ2v) is 4.31. The van der Waals surface area contributed by atoms with Crippen molar-refractivity contribution in [3.63, 3.8) is 0 Å². The third kappa shape index (κ3) is 2.39. The molecule has 0 spiro atoms. The summed E-state index contributed by atoms with van der Waals surface area (Å²) in [6.45, 7) is 3.98. The third-order valence-electron chi connectivity index (χ3n) is 3.15. The SMILES string of the molecule is CC(CO)c1cccc(C2CCOC2)c1. The van der Waals surface area contributed by atoms with Crippen LogP contribution in [0.2, 0.25) is 0 Å². The van der Waals surface area contributed by atoms with E-state index in [0.29, 0.717) is 5.92 Å². The minimum absolute atomic E-state index is 0.213. The standard InChI is InChI=1S/C13H18O2/c1-10(8-14)11-3-2-4-12(7-11)13-5-6-15-9-13/h2-4,7,10,13-14H,5-6,8-9H2,1H3. The van der Waals surface area contributed by atoms with Crippen molar-refractivity contribution in [1.82, 2.24) is 0 Å². The van der Waals surface area contributed by atoms with Gasteiger partial charge in [0.1, 0.15) is 0 Å². The second kappa shape index (κ2) is 4.77. The van der Waals surface area contributed by atoms with Gasteiger partial charge < -0.3 is 9.84 Å². The molecule has 2 heteroatoms. The molecule has 1 aliphatic heterocycles. The lowest BCUT2D eigenvalue weighted by atomic mass is 9.93. The number of hydrogen-bond acceptors (Lipinski definition) is 2. The van der Waals surface area contributed by atoms with E-state index in [9.17, 15) is 0 Å². The smallest absolute Gasteiger partial charge is 0.0535 e. The molecule has 2 nitrogen and oxygen atoms in total. The van der Waals surface area contributed by atoms with Crippen LogP contribution in [0.1, 0.15) is 36.3 Å². The van der Waals surface area contributed by atoms with E-state index in [0.717, 1.165) is 19.6 Å². The molecule has 1 heterocycles. The minimum atomic E-state index is 0.213. The van der Waals surface area contributed by atoms with E-state index in [1.165, 1.54) is 11.1 Å². The summed E-state index contributed by atoms with van der Waals surface area (Å²) in [7, 11) is 0. The summed E-state index contributed by atoms with van der Waals surface area (Å²) in [5.74, 6) is 0.781. The van der Waals surface area contributed by atoms with E-state index in [2.05, 4.69) is 24.3 Å². The van der Waals surface area contributed by atoms with E-state index in [1.807, 2.05) is 6.92 Å². The largest absolute Gasteiger partial charge is 0.396 e. The Morgan fingerprint density at radius 1 is 1.53 bits per heavy atom. The van der Waals surface area contributed by atoms with E-state index >= 15 is 0 Å². The quantitative estimate of drug-likeness (QED) is 0.822. The Hall–Kier alpha value is -0.860. The Labute approximate surface area is 90.9 Å². The van der Waals surface area contributed by atoms with Crippen molar-refractivity contribution in [1.29, 1.82) is 0 Å². The molecule has 0 aromatic heterocycles. The normalized spacial score (nSPS) is 22.9. The molecular weight excluding hydrogens is 188 g/mol. The third-order valence-corrected chi connectivity index (χ3v) is 3.15. The molecular formula is C13H18O2. The van der Waals surface area contributed by atoms with Gasteiger partial charge in [-0.25, -0.2) is 0 Å². The maximum Gasteiger partial charge on any atom is 0.0535 e. The maximum absolute atomic E-state index is 9.12. The van der Waals surface area contributed by atoms with Crippen LogP contribution in [0.3, 0.4) is 0 Å². The summed E-state index contributed by atoms with van der Waals surface area (Å²) >= 11 is 0. The fraction of sp³-hybridized carbons (Fsp3) is 0.538. The fourth-order valence-corrected chi connectivity index (χ4v) is 2.02. The lowest BCUT2D eigenvalue weighted by Crippen LogP contribution is -2.02. The number of aliphatic hydroxyl groups excluding tert-OH is 1. The number of benzene rings is 1. The van der Waals surface area contributed by atoms with E-state index in [4.69, 9.17) is 9.84 Å². The highest BCUT2D eigenvalue weighted by atomic mass is 16.5. The fourth-order valence-electron chi connectivity index (χ4n) is 2.02. The average Bonchev–Trinajstić information content (AvgIpc) is 2.82. The first-order chi connectivity index (χ1) is 7.31. The first kappa shape index (κ1) is 10.7. The molecule has 1 N–H and O–H groups in total. The van der Waals surface area contributed by atoms with Crippen molar-refractivity contribution >= 4 is 0 Å². The molecule has 0 amide bonds. The van der Waals surface area contributed by atoms with Crippen molar-refractivity contribution in [2.75, 3.05) is 19.8 Å². The number of hydrogen-bond donors (Lipinski definition) is 1. The van der Waals surface area contributed by atoms with Crippen LogP contribution in [0.4, 0.5) is 0 Å². The molecule has 1 aliphatic rings. The van der Waals surface area contributed by atoms with Gasteiger partial charge in [0.15, 0.2) is 0 Å². The number of rotatable bonds is 3. The molecule has 2 unspecified atom stereocenters. The molecule has 0 aliphatic carbocycles. The van der Waals surface area contributed by atoms with E-state index < -0.39 is 0 Å². The molecule has 1 aromatic carbocycles. The maximum atomic E-state index is 9.12. The number of aliphatic hydroxyl groups is 1. The molecule has 1 fully saturated rings. The molecule has 2 atom stereocenters. The van der Waals surface area contributed by atoms with Gasteiger partial charge in [0, 0.05) is 25.0 Å². The Morgan fingerprint density at radius 2 is 2.40 bits per heavy atom.